The summed E-state index contributed by atoms with van der Waals surface area (Å²) in [5.41, 5.74) is 8.33. The van der Waals surface area contributed by atoms with Gasteiger partial charge in [0.1, 0.15) is 5.75 Å². The number of nitrogens with zero attached hydrogens (tertiary/aromatic N) is 1. The van der Waals surface area contributed by atoms with E-state index >= 15 is 0 Å². The van der Waals surface area contributed by atoms with Gasteiger partial charge < -0.3 is 20.5 Å². The first-order valence-corrected chi connectivity index (χ1v) is 14.0. The summed E-state index contributed by atoms with van der Waals surface area (Å²) in [6.07, 6.45) is 7.28. The van der Waals surface area contributed by atoms with Crippen LogP contribution in [0.4, 0.5) is 0 Å². The summed E-state index contributed by atoms with van der Waals surface area (Å²) in [5, 5.41) is 10.7. The van der Waals surface area contributed by atoms with Gasteiger partial charge in [-0.05, 0) is 86.0 Å². The number of benzene rings is 2. The summed E-state index contributed by atoms with van der Waals surface area (Å²) in [4.78, 5) is 16.0. The van der Waals surface area contributed by atoms with E-state index in [4.69, 9.17) is 10.5 Å². The zero-order chi connectivity index (χ0) is 26.7. The van der Waals surface area contributed by atoms with E-state index in [9.17, 15) is 9.90 Å². The van der Waals surface area contributed by atoms with E-state index in [1.807, 2.05) is 37.3 Å². The predicted molar refractivity (Wildman–Crippen MR) is 149 cm³/mol. The van der Waals surface area contributed by atoms with Crippen LogP contribution in [0, 0.1) is 17.3 Å². The third kappa shape index (κ3) is 6.56. The predicted octanol–water partition coefficient (Wildman–Crippen LogP) is 6.04. The normalized spacial score (nSPS) is 26.5. The number of carbonyl (C=O) groups excluding carboxylic acids is 1. The van der Waals surface area contributed by atoms with Gasteiger partial charge in [-0.15, -0.1) is 0 Å². The fourth-order valence-corrected chi connectivity index (χ4v) is 6.24. The number of amides is 1. The zero-order valence-corrected chi connectivity index (χ0v) is 23.2. The van der Waals surface area contributed by atoms with Crippen LogP contribution in [-0.2, 0) is 16.9 Å². The van der Waals surface area contributed by atoms with Gasteiger partial charge in [0.05, 0.1) is 12.7 Å². The van der Waals surface area contributed by atoms with Crippen molar-refractivity contribution in [3.63, 3.8) is 0 Å². The van der Waals surface area contributed by atoms with Gasteiger partial charge in [0.25, 0.3) is 0 Å². The Morgan fingerprint density at radius 2 is 1.62 bits per heavy atom. The Morgan fingerprint density at radius 1 is 1.00 bits per heavy atom. The zero-order valence-electron chi connectivity index (χ0n) is 23.2. The highest BCUT2D eigenvalue weighted by Gasteiger charge is 2.42. The molecule has 2 aromatic carbocycles. The maximum atomic E-state index is 14.0. The number of hydrogen-bond acceptors (Lipinski definition) is 4. The van der Waals surface area contributed by atoms with Gasteiger partial charge in [0.15, 0.2) is 0 Å². The molecule has 2 saturated carbocycles. The molecular weight excluding hydrogens is 460 g/mol. The van der Waals surface area contributed by atoms with Crippen molar-refractivity contribution in [1.29, 1.82) is 0 Å². The van der Waals surface area contributed by atoms with Crippen molar-refractivity contribution in [3.05, 3.63) is 65.7 Å². The van der Waals surface area contributed by atoms with E-state index in [2.05, 4.69) is 43.0 Å². The smallest absolute Gasteiger partial charge is 0.225 e. The number of nitrogens with two attached hydrogens (primary N) is 1. The van der Waals surface area contributed by atoms with Crippen molar-refractivity contribution in [2.75, 3.05) is 13.7 Å². The topological polar surface area (TPSA) is 75.8 Å². The number of rotatable bonds is 10. The van der Waals surface area contributed by atoms with E-state index in [1.165, 1.54) is 5.56 Å². The fraction of sp³-hybridized carbons (Fsp3) is 0.594. The van der Waals surface area contributed by atoms with Gasteiger partial charge in [0.2, 0.25) is 5.91 Å². The van der Waals surface area contributed by atoms with Gasteiger partial charge in [0, 0.05) is 24.5 Å². The van der Waals surface area contributed by atoms with E-state index in [-0.39, 0.29) is 28.7 Å². The minimum absolute atomic E-state index is 0.00884. The van der Waals surface area contributed by atoms with E-state index in [1.54, 1.807) is 7.11 Å². The highest BCUT2D eigenvalue weighted by Crippen LogP contribution is 2.45. The number of ether oxygens (including phenoxy) is 1. The summed E-state index contributed by atoms with van der Waals surface area (Å²) in [6.45, 7) is 7.77. The molecule has 0 aromatic heterocycles. The molecule has 5 nitrogen and oxygen atoms in total. The van der Waals surface area contributed by atoms with Crippen LogP contribution >= 0.6 is 0 Å². The van der Waals surface area contributed by atoms with Crippen LogP contribution in [-0.4, -0.2) is 35.2 Å². The standard InChI is InChI=1S/C32H46N2O3/c1-24(21-31(36)15-8-16-31)25(2)29(35)34(22-26-11-13-28(37-4)14-12-26)23-30(3)17-19-32(33,20-18-30)27-9-6-5-7-10-27/h5-7,9-14,24-25,36H,8,15-23,33H2,1-4H3. The Bertz CT molecular complexity index is 1020. The second-order valence-corrected chi connectivity index (χ2v) is 12.4. The minimum Gasteiger partial charge on any atom is -0.497 e. The van der Waals surface area contributed by atoms with Crippen LogP contribution < -0.4 is 10.5 Å². The van der Waals surface area contributed by atoms with E-state index in [0.717, 1.165) is 56.3 Å². The summed E-state index contributed by atoms with van der Waals surface area (Å²) >= 11 is 0. The first-order valence-electron chi connectivity index (χ1n) is 14.0. The van der Waals surface area contributed by atoms with Crippen molar-refractivity contribution in [2.45, 2.75) is 89.8 Å². The molecule has 0 bridgehead atoms. The van der Waals surface area contributed by atoms with Gasteiger partial charge in [-0.1, -0.05) is 63.2 Å². The van der Waals surface area contributed by atoms with Crippen molar-refractivity contribution in [2.24, 2.45) is 23.0 Å². The molecule has 0 heterocycles. The van der Waals surface area contributed by atoms with Gasteiger partial charge in [-0.25, -0.2) is 0 Å². The number of aliphatic hydroxyl groups is 1. The Hall–Kier alpha value is -2.37. The monoisotopic (exact) mass is 506 g/mol. The molecule has 2 aliphatic carbocycles. The molecule has 0 spiro atoms. The molecule has 2 aliphatic rings. The Labute approximate surface area is 223 Å². The van der Waals surface area contributed by atoms with Crippen molar-refractivity contribution < 1.29 is 14.6 Å². The van der Waals surface area contributed by atoms with Crippen molar-refractivity contribution in [1.82, 2.24) is 4.90 Å². The van der Waals surface area contributed by atoms with Crippen LogP contribution in [0.2, 0.25) is 0 Å². The molecule has 2 fully saturated rings. The van der Waals surface area contributed by atoms with Crippen LogP contribution in [0.5, 0.6) is 5.75 Å². The Balaban J connectivity index is 1.48. The summed E-state index contributed by atoms with van der Waals surface area (Å²) in [6, 6.07) is 18.5. The molecule has 3 N–H and O–H groups in total. The van der Waals surface area contributed by atoms with Gasteiger partial charge in [-0.2, -0.15) is 0 Å². The average Bonchev–Trinajstić information content (AvgIpc) is 2.89. The molecule has 202 valence electrons. The molecule has 5 heteroatoms. The Morgan fingerprint density at radius 3 is 2.16 bits per heavy atom. The second-order valence-electron chi connectivity index (χ2n) is 12.4. The molecule has 0 saturated heterocycles. The van der Waals surface area contributed by atoms with Crippen LogP contribution in [0.25, 0.3) is 0 Å². The largest absolute Gasteiger partial charge is 0.497 e. The lowest BCUT2D eigenvalue weighted by atomic mass is 9.66. The van der Waals surface area contributed by atoms with Crippen LogP contribution in [0.1, 0.15) is 83.3 Å². The highest BCUT2D eigenvalue weighted by atomic mass is 16.5. The molecular formula is C32H46N2O3. The highest BCUT2D eigenvalue weighted by molar-refractivity contribution is 5.79. The molecule has 37 heavy (non-hydrogen) atoms. The second kappa shape index (κ2) is 11.2. The number of carbonyl (C=O) groups is 1. The molecule has 0 radical (unpaired) electrons. The molecule has 1 amide bonds. The Kier molecular flexibility index (Phi) is 8.35. The van der Waals surface area contributed by atoms with Gasteiger partial charge >= 0.3 is 0 Å². The van der Waals surface area contributed by atoms with Crippen molar-refractivity contribution in [3.8, 4) is 5.75 Å². The number of hydrogen-bond donors (Lipinski definition) is 2. The third-order valence-corrected chi connectivity index (χ3v) is 9.34. The van der Waals surface area contributed by atoms with Crippen LogP contribution in [0.15, 0.2) is 54.6 Å². The maximum Gasteiger partial charge on any atom is 0.225 e. The molecule has 2 aromatic rings. The first-order chi connectivity index (χ1) is 17.5. The summed E-state index contributed by atoms with van der Waals surface area (Å²) < 4.78 is 5.33. The maximum absolute atomic E-state index is 14.0. The molecule has 2 unspecified atom stereocenters. The van der Waals surface area contributed by atoms with E-state index in [0.29, 0.717) is 19.5 Å². The summed E-state index contributed by atoms with van der Waals surface area (Å²) in [5.74, 6) is 0.981. The SMILES string of the molecule is COc1ccc(CN(CC2(C)CCC(N)(c3ccccc3)CC2)C(=O)C(C)C(C)CC2(O)CCC2)cc1. The number of methoxy groups -OCH3 is 1. The molecule has 4 rings (SSSR count). The van der Waals surface area contributed by atoms with E-state index < -0.39 is 5.60 Å². The molecule has 0 aliphatic heterocycles. The first kappa shape index (κ1) is 27.7. The van der Waals surface area contributed by atoms with Gasteiger partial charge in [-0.3, -0.25) is 4.79 Å². The quantitative estimate of drug-likeness (QED) is 0.412. The third-order valence-electron chi connectivity index (χ3n) is 9.34. The summed E-state index contributed by atoms with van der Waals surface area (Å²) in [7, 11) is 1.67. The minimum atomic E-state index is -0.577. The van der Waals surface area contributed by atoms with Crippen LogP contribution in [0.3, 0.4) is 0 Å². The van der Waals surface area contributed by atoms with Crippen molar-refractivity contribution >= 4 is 5.91 Å². The lowest BCUT2D eigenvalue weighted by Gasteiger charge is -2.46. The molecule has 2 atom stereocenters. The fourth-order valence-electron chi connectivity index (χ4n) is 6.24. The lowest BCUT2D eigenvalue weighted by molar-refractivity contribution is -0.140. The lowest BCUT2D eigenvalue weighted by Crippen LogP contribution is -2.49. The average molecular weight is 507 g/mol.